The van der Waals surface area contributed by atoms with Crippen LogP contribution in [0.5, 0.6) is 5.75 Å². The molecule has 6 nitrogen and oxygen atoms in total. The Bertz CT molecular complexity index is 788. The third kappa shape index (κ3) is 4.87. The molecule has 1 aromatic heterocycles. The predicted molar refractivity (Wildman–Crippen MR) is 92.6 cm³/mol. The number of carbonyl (C=O) groups excluding carboxylic acids is 1. The van der Waals surface area contributed by atoms with Crippen LogP contribution in [-0.2, 0) is 0 Å². The van der Waals surface area contributed by atoms with Gasteiger partial charge in [-0.05, 0) is 43.2 Å². The summed E-state index contributed by atoms with van der Waals surface area (Å²) >= 11 is 0. The number of likely N-dealkylation sites (tertiary alicyclic amines) is 1. The minimum Gasteiger partial charge on any atom is -0.406 e. The second-order valence-corrected chi connectivity index (χ2v) is 6.19. The third-order valence-electron chi connectivity index (χ3n) is 4.44. The number of hydrogen-bond donors (Lipinski definition) is 1. The van der Waals surface area contributed by atoms with Gasteiger partial charge in [0, 0.05) is 43.5 Å². The monoisotopic (exact) mass is 380 g/mol. The molecule has 2 aromatic rings. The number of nitrogens with one attached hydrogen (secondary N) is 1. The van der Waals surface area contributed by atoms with E-state index in [1.54, 1.807) is 18.1 Å². The van der Waals surface area contributed by atoms with Gasteiger partial charge >= 0.3 is 6.36 Å². The highest BCUT2D eigenvalue weighted by Gasteiger charge is 2.31. The molecule has 0 bridgehead atoms. The van der Waals surface area contributed by atoms with Crippen LogP contribution in [0.15, 0.2) is 36.5 Å². The standard InChI is InChI=1S/C18H19F3N4O2/c1-22-17-23-9-6-15(24-17)12-7-10-25(11-8-12)16(26)13-2-4-14(5-3-13)27-18(19,20)21/h2-6,9,12H,7-8,10-11H2,1H3,(H,22,23,24). The van der Waals surface area contributed by atoms with E-state index in [4.69, 9.17) is 0 Å². The molecule has 2 heterocycles. The zero-order chi connectivity index (χ0) is 19.4. The number of alkyl halides is 3. The van der Waals surface area contributed by atoms with Gasteiger partial charge in [0.15, 0.2) is 0 Å². The second-order valence-electron chi connectivity index (χ2n) is 6.19. The van der Waals surface area contributed by atoms with Gasteiger partial charge in [-0.25, -0.2) is 9.97 Å². The number of carbonyl (C=O) groups is 1. The zero-order valence-corrected chi connectivity index (χ0v) is 14.7. The fourth-order valence-corrected chi connectivity index (χ4v) is 3.08. The number of rotatable bonds is 4. The summed E-state index contributed by atoms with van der Waals surface area (Å²) in [6.45, 7) is 1.12. The topological polar surface area (TPSA) is 67.4 Å². The van der Waals surface area contributed by atoms with E-state index in [0.717, 1.165) is 30.7 Å². The van der Waals surface area contributed by atoms with Gasteiger partial charge in [0.1, 0.15) is 5.75 Å². The van der Waals surface area contributed by atoms with Crippen LogP contribution in [0, 0.1) is 0 Å². The lowest BCUT2D eigenvalue weighted by molar-refractivity contribution is -0.274. The van der Waals surface area contributed by atoms with Crippen LogP contribution in [0.4, 0.5) is 19.1 Å². The normalized spacial score (nSPS) is 15.5. The lowest BCUT2D eigenvalue weighted by atomic mass is 9.93. The van der Waals surface area contributed by atoms with Gasteiger partial charge in [-0.2, -0.15) is 0 Å². The molecule has 0 aliphatic carbocycles. The number of anilines is 1. The highest BCUT2D eigenvalue weighted by Crippen LogP contribution is 2.28. The molecule has 0 radical (unpaired) electrons. The summed E-state index contributed by atoms with van der Waals surface area (Å²) in [7, 11) is 1.76. The van der Waals surface area contributed by atoms with Crippen LogP contribution in [0.25, 0.3) is 0 Å². The van der Waals surface area contributed by atoms with Crippen molar-refractivity contribution in [1.29, 1.82) is 0 Å². The average Bonchev–Trinajstić information content (AvgIpc) is 2.67. The highest BCUT2D eigenvalue weighted by molar-refractivity contribution is 5.94. The summed E-state index contributed by atoms with van der Waals surface area (Å²) in [5.41, 5.74) is 1.28. The molecule has 144 valence electrons. The molecule has 0 saturated carbocycles. The first-order chi connectivity index (χ1) is 12.9. The van der Waals surface area contributed by atoms with Crippen LogP contribution in [-0.4, -0.2) is 47.3 Å². The number of halogens is 3. The van der Waals surface area contributed by atoms with E-state index in [0.29, 0.717) is 24.6 Å². The molecule has 27 heavy (non-hydrogen) atoms. The van der Waals surface area contributed by atoms with Gasteiger partial charge in [-0.3, -0.25) is 4.79 Å². The quantitative estimate of drug-likeness (QED) is 0.880. The fraction of sp³-hybridized carbons (Fsp3) is 0.389. The molecule has 1 aliphatic rings. The molecular weight excluding hydrogens is 361 g/mol. The Labute approximate surface area is 154 Å². The maximum Gasteiger partial charge on any atom is 0.573 e. The largest absolute Gasteiger partial charge is 0.573 e. The van der Waals surface area contributed by atoms with E-state index in [-0.39, 0.29) is 17.6 Å². The minimum absolute atomic E-state index is 0.203. The summed E-state index contributed by atoms with van der Waals surface area (Å²) in [4.78, 5) is 22.8. The molecule has 9 heteroatoms. The first-order valence-electron chi connectivity index (χ1n) is 8.51. The molecule has 1 saturated heterocycles. The third-order valence-corrected chi connectivity index (χ3v) is 4.44. The van der Waals surface area contributed by atoms with Gasteiger partial charge in [-0.1, -0.05) is 0 Å². The lowest BCUT2D eigenvalue weighted by Gasteiger charge is -2.32. The van der Waals surface area contributed by atoms with Crippen LogP contribution in [0.2, 0.25) is 0 Å². The molecule has 1 fully saturated rings. The molecule has 3 rings (SSSR count). The van der Waals surface area contributed by atoms with Crippen LogP contribution >= 0.6 is 0 Å². The van der Waals surface area contributed by atoms with Crippen LogP contribution < -0.4 is 10.1 Å². The SMILES string of the molecule is CNc1nccc(C2CCN(C(=O)c3ccc(OC(F)(F)F)cc3)CC2)n1. The van der Waals surface area contributed by atoms with Gasteiger partial charge in [0.2, 0.25) is 5.95 Å². The van der Waals surface area contributed by atoms with E-state index in [9.17, 15) is 18.0 Å². The number of benzene rings is 1. The molecule has 0 spiro atoms. The number of hydrogen-bond acceptors (Lipinski definition) is 5. The number of piperidine rings is 1. The van der Waals surface area contributed by atoms with Crippen molar-refractivity contribution in [3.8, 4) is 5.75 Å². The van der Waals surface area contributed by atoms with E-state index in [1.165, 1.54) is 12.1 Å². The number of aromatic nitrogens is 2. The van der Waals surface area contributed by atoms with Crippen molar-refractivity contribution >= 4 is 11.9 Å². The zero-order valence-electron chi connectivity index (χ0n) is 14.7. The van der Waals surface area contributed by atoms with Gasteiger partial charge < -0.3 is 15.0 Å². The first-order valence-corrected chi connectivity index (χ1v) is 8.51. The van der Waals surface area contributed by atoms with Crippen molar-refractivity contribution < 1.29 is 22.7 Å². The molecule has 1 N–H and O–H groups in total. The lowest BCUT2D eigenvalue weighted by Crippen LogP contribution is -2.38. The highest BCUT2D eigenvalue weighted by atomic mass is 19.4. The van der Waals surface area contributed by atoms with E-state index < -0.39 is 6.36 Å². The minimum atomic E-state index is -4.75. The maximum absolute atomic E-state index is 12.6. The molecule has 0 atom stereocenters. The van der Waals surface area contributed by atoms with Crippen molar-refractivity contribution in [3.05, 3.63) is 47.8 Å². The average molecular weight is 380 g/mol. The molecule has 0 unspecified atom stereocenters. The Hall–Kier alpha value is -2.84. The van der Waals surface area contributed by atoms with Gasteiger partial charge in [0.05, 0.1) is 0 Å². The van der Waals surface area contributed by atoms with Crippen molar-refractivity contribution in [2.45, 2.75) is 25.1 Å². The summed E-state index contributed by atoms with van der Waals surface area (Å²) in [5, 5.41) is 2.91. The Morgan fingerprint density at radius 2 is 1.85 bits per heavy atom. The van der Waals surface area contributed by atoms with Crippen molar-refractivity contribution in [1.82, 2.24) is 14.9 Å². The molecular formula is C18H19F3N4O2. The summed E-state index contributed by atoms with van der Waals surface area (Å²) < 4.78 is 40.4. The van der Waals surface area contributed by atoms with Crippen molar-refractivity contribution in [3.63, 3.8) is 0 Å². The van der Waals surface area contributed by atoms with E-state index in [1.807, 2.05) is 6.07 Å². The smallest absolute Gasteiger partial charge is 0.406 e. The number of amides is 1. The summed E-state index contributed by atoms with van der Waals surface area (Å²) in [6.07, 6.45) is -1.51. The predicted octanol–water partition coefficient (Wildman–Crippen LogP) is 3.44. The maximum atomic E-state index is 12.6. The Morgan fingerprint density at radius 1 is 1.19 bits per heavy atom. The Kier molecular flexibility index (Phi) is 5.48. The molecule has 1 amide bonds. The number of nitrogens with zero attached hydrogens (tertiary/aromatic N) is 3. The van der Waals surface area contributed by atoms with Crippen molar-refractivity contribution in [2.24, 2.45) is 0 Å². The van der Waals surface area contributed by atoms with Gasteiger partial charge in [-0.15, -0.1) is 13.2 Å². The summed E-state index contributed by atoms with van der Waals surface area (Å²) in [5.74, 6) is 0.256. The van der Waals surface area contributed by atoms with Gasteiger partial charge in [0.25, 0.3) is 5.91 Å². The number of ether oxygens (including phenoxy) is 1. The molecule has 1 aliphatic heterocycles. The van der Waals surface area contributed by atoms with E-state index in [2.05, 4.69) is 20.0 Å². The fourth-order valence-electron chi connectivity index (χ4n) is 3.08. The van der Waals surface area contributed by atoms with Crippen LogP contribution in [0.3, 0.4) is 0 Å². The first kappa shape index (κ1) is 18.9. The Balaban J connectivity index is 1.59. The van der Waals surface area contributed by atoms with Crippen molar-refractivity contribution in [2.75, 3.05) is 25.5 Å². The summed E-state index contributed by atoms with van der Waals surface area (Å²) in [6, 6.07) is 6.86. The molecule has 1 aromatic carbocycles. The van der Waals surface area contributed by atoms with E-state index >= 15 is 0 Å². The van der Waals surface area contributed by atoms with Crippen LogP contribution in [0.1, 0.15) is 34.8 Å². The Morgan fingerprint density at radius 3 is 2.44 bits per heavy atom. The second kappa shape index (κ2) is 7.81.